The maximum Gasteiger partial charge on any atom is 0.118 e. The second-order valence-corrected chi connectivity index (χ2v) is 3.95. The highest BCUT2D eigenvalue weighted by Gasteiger charge is 2.06. The fraction of sp³-hybridized carbons (Fsp3) is 0.538. The lowest BCUT2D eigenvalue weighted by Gasteiger charge is -2.17. The minimum absolute atomic E-state index is 0.237. The topological polar surface area (TPSA) is 30.5 Å². The number of hydrogen-bond donors (Lipinski definition) is 1. The highest BCUT2D eigenvalue weighted by atomic mass is 16.5. The Morgan fingerprint density at radius 2 is 1.75 bits per heavy atom. The van der Waals surface area contributed by atoms with Crippen LogP contribution >= 0.6 is 0 Å². The number of methoxy groups -OCH3 is 2. The third-order valence-electron chi connectivity index (χ3n) is 2.73. The van der Waals surface area contributed by atoms with Crippen LogP contribution in [0.15, 0.2) is 24.3 Å². The Kier molecular flexibility index (Phi) is 5.29. The van der Waals surface area contributed by atoms with Crippen molar-refractivity contribution in [3.8, 4) is 5.75 Å². The van der Waals surface area contributed by atoms with Crippen molar-refractivity contribution in [2.24, 2.45) is 0 Å². The van der Waals surface area contributed by atoms with Gasteiger partial charge in [0.05, 0.1) is 13.2 Å². The molecule has 1 N–H and O–H groups in total. The van der Waals surface area contributed by atoms with Crippen LogP contribution in [0.3, 0.4) is 0 Å². The molecule has 0 aromatic heterocycles. The first-order valence-corrected chi connectivity index (χ1v) is 5.57. The van der Waals surface area contributed by atoms with Gasteiger partial charge in [0.1, 0.15) is 5.75 Å². The van der Waals surface area contributed by atoms with Gasteiger partial charge in [-0.25, -0.2) is 0 Å². The monoisotopic (exact) mass is 223 g/mol. The summed E-state index contributed by atoms with van der Waals surface area (Å²) in [4.78, 5) is 0. The predicted octanol–water partition coefficient (Wildman–Crippen LogP) is 2.38. The van der Waals surface area contributed by atoms with Crippen LogP contribution in [0.2, 0.25) is 0 Å². The number of hydrogen-bond acceptors (Lipinski definition) is 3. The van der Waals surface area contributed by atoms with Crippen molar-refractivity contribution in [1.29, 1.82) is 0 Å². The molecule has 0 heterocycles. The van der Waals surface area contributed by atoms with E-state index in [-0.39, 0.29) is 6.10 Å². The maximum atomic E-state index is 5.19. The molecule has 0 spiro atoms. The van der Waals surface area contributed by atoms with E-state index in [0.717, 1.165) is 12.3 Å². The molecular formula is C13H21NO2. The molecule has 0 aliphatic heterocycles. The van der Waals surface area contributed by atoms with Crippen LogP contribution in [0.25, 0.3) is 0 Å². The molecule has 1 rings (SSSR count). The summed E-state index contributed by atoms with van der Waals surface area (Å²) >= 11 is 0. The summed E-state index contributed by atoms with van der Waals surface area (Å²) in [6.45, 7) is 5.04. The van der Waals surface area contributed by atoms with Crippen LogP contribution < -0.4 is 10.1 Å². The average molecular weight is 223 g/mol. The average Bonchev–Trinajstić information content (AvgIpc) is 2.35. The van der Waals surface area contributed by atoms with Crippen LogP contribution in [0, 0.1) is 0 Å². The van der Waals surface area contributed by atoms with Crippen molar-refractivity contribution >= 4 is 0 Å². The van der Waals surface area contributed by atoms with E-state index in [1.165, 1.54) is 5.56 Å². The quantitative estimate of drug-likeness (QED) is 0.803. The van der Waals surface area contributed by atoms with Gasteiger partial charge in [-0.2, -0.15) is 0 Å². The van der Waals surface area contributed by atoms with Gasteiger partial charge in [0.2, 0.25) is 0 Å². The van der Waals surface area contributed by atoms with Gasteiger partial charge >= 0.3 is 0 Å². The number of ether oxygens (including phenoxy) is 2. The molecule has 3 heteroatoms. The van der Waals surface area contributed by atoms with E-state index in [9.17, 15) is 0 Å². The zero-order chi connectivity index (χ0) is 12.0. The van der Waals surface area contributed by atoms with Gasteiger partial charge in [-0.3, -0.25) is 0 Å². The fourth-order valence-corrected chi connectivity index (χ4v) is 1.44. The Hall–Kier alpha value is -1.06. The van der Waals surface area contributed by atoms with Crippen LogP contribution in [0.1, 0.15) is 25.5 Å². The van der Waals surface area contributed by atoms with Crippen molar-refractivity contribution < 1.29 is 9.47 Å². The van der Waals surface area contributed by atoms with Gasteiger partial charge < -0.3 is 14.8 Å². The van der Waals surface area contributed by atoms with E-state index in [1.807, 2.05) is 19.1 Å². The van der Waals surface area contributed by atoms with Crippen molar-refractivity contribution in [2.45, 2.75) is 26.0 Å². The summed E-state index contributed by atoms with van der Waals surface area (Å²) < 4.78 is 10.3. The molecular weight excluding hydrogens is 202 g/mol. The van der Waals surface area contributed by atoms with E-state index < -0.39 is 0 Å². The molecule has 0 saturated heterocycles. The molecule has 0 fully saturated rings. The van der Waals surface area contributed by atoms with Gasteiger partial charge in [-0.05, 0) is 31.5 Å². The molecule has 1 aromatic carbocycles. The van der Waals surface area contributed by atoms with E-state index >= 15 is 0 Å². The summed E-state index contributed by atoms with van der Waals surface area (Å²) in [6.07, 6.45) is 0.237. The van der Waals surface area contributed by atoms with Crippen LogP contribution in [-0.4, -0.2) is 26.9 Å². The van der Waals surface area contributed by atoms with E-state index in [2.05, 4.69) is 24.4 Å². The Morgan fingerprint density at radius 3 is 2.25 bits per heavy atom. The SMILES string of the molecule is COc1ccc([C@H](C)NC[C@@H](C)OC)cc1. The number of benzene rings is 1. The lowest BCUT2D eigenvalue weighted by Crippen LogP contribution is -2.28. The van der Waals surface area contributed by atoms with Crippen LogP contribution in [-0.2, 0) is 4.74 Å². The zero-order valence-electron chi connectivity index (χ0n) is 10.5. The van der Waals surface area contributed by atoms with Crippen molar-refractivity contribution in [2.75, 3.05) is 20.8 Å². The molecule has 0 aliphatic rings. The Balaban J connectivity index is 2.49. The lowest BCUT2D eigenvalue weighted by molar-refractivity contribution is 0.115. The zero-order valence-corrected chi connectivity index (χ0v) is 10.5. The summed E-state index contributed by atoms with van der Waals surface area (Å²) in [6, 6.07) is 8.44. The first kappa shape index (κ1) is 13.0. The van der Waals surface area contributed by atoms with E-state index in [4.69, 9.17) is 9.47 Å². The third kappa shape index (κ3) is 3.83. The van der Waals surface area contributed by atoms with Crippen molar-refractivity contribution in [1.82, 2.24) is 5.32 Å². The molecule has 90 valence electrons. The third-order valence-corrected chi connectivity index (χ3v) is 2.73. The molecule has 0 bridgehead atoms. The lowest BCUT2D eigenvalue weighted by atomic mass is 10.1. The first-order valence-electron chi connectivity index (χ1n) is 5.57. The Labute approximate surface area is 97.8 Å². The minimum atomic E-state index is 0.237. The van der Waals surface area contributed by atoms with Crippen molar-refractivity contribution in [3.63, 3.8) is 0 Å². The van der Waals surface area contributed by atoms with Gasteiger partial charge in [0.15, 0.2) is 0 Å². The minimum Gasteiger partial charge on any atom is -0.497 e. The Morgan fingerprint density at radius 1 is 1.12 bits per heavy atom. The molecule has 3 nitrogen and oxygen atoms in total. The largest absolute Gasteiger partial charge is 0.497 e. The van der Waals surface area contributed by atoms with Gasteiger partial charge in [-0.1, -0.05) is 12.1 Å². The van der Waals surface area contributed by atoms with E-state index in [1.54, 1.807) is 14.2 Å². The molecule has 0 unspecified atom stereocenters. The summed E-state index contributed by atoms with van der Waals surface area (Å²) in [5.74, 6) is 0.890. The van der Waals surface area contributed by atoms with Crippen LogP contribution in [0.4, 0.5) is 0 Å². The smallest absolute Gasteiger partial charge is 0.118 e. The first-order chi connectivity index (χ1) is 7.67. The van der Waals surface area contributed by atoms with Gasteiger partial charge in [0, 0.05) is 19.7 Å². The standard InChI is InChI=1S/C13H21NO2/c1-10(15-3)9-14-11(2)12-5-7-13(16-4)8-6-12/h5-8,10-11,14H,9H2,1-4H3/t10-,11+/m1/s1. The van der Waals surface area contributed by atoms with Crippen LogP contribution in [0.5, 0.6) is 5.75 Å². The summed E-state index contributed by atoms with van der Waals surface area (Å²) in [7, 11) is 3.40. The van der Waals surface area contributed by atoms with Gasteiger partial charge in [-0.15, -0.1) is 0 Å². The predicted molar refractivity (Wildman–Crippen MR) is 65.9 cm³/mol. The molecule has 2 atom stereocenters. The van der Waals surface area contributed by atoms with Crippen molar-refractivity contribution in [3.05, 3.63) is 29.8 Å². The molecule has 0 aliphatic carbocycles. The molecule has 0 amide bonds. The second-order valence-electron chi connectivity index (χ2n) is 3.95. The second kappa shape index (κ2) is 6.51. The summed E-state index contributed by atoms with van der Waals surface area (Å²) in [5, 5.41) is 3.42. The maximum absolute atomic E-state index is 5.19. The molecule has 0 radical (unpaired) electrons. The number of rotatable bonds is 6. The molecule has 0 saturated carbocycles. The Bertz CT molecular complexity index is 297. The highest BCUT2D eigenvalue weighted by molar-refractivity contribution is 5.28. The normalized spacial score (nSPS) is 14.5. The highest BCUT2D eigenvalue weighted by Crippen LogP contribution is 2.17. The fourth-order valence-electron chi connectivity index (χ4n) is 1.44. The van der Waals surface area contributed by atoms with Gasteiger partial charge in [0.25, 0.3) is 0 Å². The molecule has 1 aromatic rings. The summed E-state index contributed by atoms with van der Waals surface area (Å²) in [5.41, 5.74) is 1.25. The number of nitrogens with one attached hydrogen (secondary N) is 1. The molecule has 16 heavy (non-hydrogen) atoms. The van der Waals surface area contributed by atoms with E-state index in [0.29, 0.717) is 6.04 Å².